The van der Waals surface area contributed by atoms with Crippen LogP contribution in [-0.4, -0.2) is 54.5 Å². The lowest BCUT2D eigenvalue weighted by Crippen LogP contribution is -2.58. The molecule has 4 N–H and O–H groups in total. The molecule has 0 aliphatic rings. The van der Waals surface area contributed by atoms with Gasteiger partial charge in [0, 0.05) is 18.4 Å². The van der Waals surface area contributed by atoms with Crippen LogP contribution in [0.4, 0.5) is 4.79 Å². The number of carbonyl (C=O) groups excluding carboxylic acids is 4. The predicted octanol–water partition coefficient (Wildman–Crippen LogP) is 4.48. The molecule has 3 rings (SSSR count). The molecule has 0 aliphatic carbocycles. The van der Waals surface area contributed by atoms with Gasteiger partial charge < -0.3 is 25.8 Å². The van der Waals surface area contributed by atoms with Crippen molar-refractivity contribution in [3.63, 3.8) is 0 Å². The van der Waals surface area contributed by atoms with Crippen molar-refractivity contribution < 1.29 is 29.0 Å². The van der Waals surface area contributed by atoms with Crippen molar-refractivity contribution in [2.75, 3.05) is 13.2 Å². The normalized spacial score (nSPS) is 13.5. The summed E-state index contributed by atoms with van der Waals surface area (Å²) in [5.41, 5.74) is 2.12. The van der Waals surface area contributed by atoms with Crippen molar-refractivity contribution in [3.05, 3.63) is 96.1 Å². The molecule has 2 unspecified atom stereocenters. The smallest absolute Gasteiger partial charge is 0.408 e. The summed E-state index contributed by atoms with van der Waals surface area (Å²) in [6.07, 6.45) is 4.01. The first-order chi connectivity index (χ1) is 21.3. The van der Waals surface area contributed by atoms with Crippen LogP contribution in [0.5, 0.6) is 0 Å². The molecule has 0 aliphatic heterocycles. The van der Waals surface area contributed by atoms with Gasteiger partial charge in [0.2, 0.25) is 18.1 Å². The van der Waals surface area contributed by atoms with E-state index in [0.717, 1.165) is 35.1 Å². The number of carbonyl (C=O) groups is 3. The molecule has 233 valence electrons. The third kappa shape index (κ3) is 10.1. The van der Waals surface area contributed by atoms with E-state index in [4.69, 9.17) is 4.74 Å². The van der Waals surface area contributed by atoms with Gasteiger partial charge in [0.25, 0.3) is 0 Å². The topological polar surface area (TPSA) is 134 Å². The number of ether oxygens (including phenoxy) is 1. The van der Waals surface area contributed by atoms with Gasteiger partial charge in [0.1, 0.15) is 18.7 Å². The van der Waals surface area contributed by atoms with Crippen LogP contribution in [0.2, 0.25) is 0 Å². The van der Waals surface area contributed by atoms with E-state index in [1.54, 1.807) is 0 Å². The van der Waals surface area contributed by atoms with Gasteiger partial charge in [0.15, 0.2) is 0 Å². The number of amides is 3. The van der Waals surface area contributed by atoms with Crippen LogP contribution in [0, 0.1) is 5.41 Å². The summed E-state index contributed by atoms with van der Waals surface area (Å²) in [5.74, 6) is -0.877. The van der Waals surface area contributed by atoms with Gasteiger partial charge >= 0.3 is 6.09 Å². The van der Waals surface area contributed by atoms with Gasteiger partial charge in [-0.15, -0.1) is 0 Å². The summed E-state index contributed by atoms with van der Waals surface area (Å²) in [6.45, 7) is 2.87. The van der Waals surface area contributed by atoms with E-state index in [2.05, 4.69) is 16.0 Å². The summed E-state index contributed by atoms with van der Waals surface area (Å²) in [7, 11) is 0. The van der Waals surface area contributed by atoms with Gasteiger partial charge in [0.05, 0.1) is 6.61 Å². The van der Waals surface area contributed by atoms with Crippen LogP contribution in [0.15, 0.2) is 84.9 Å². The second-order valence-electron chi connectivity index (χ2n) is 10.9. The number of nitrogens with one attached hydrogen (secondary N) is 3. The molecule has 3 atom stereocenters. The SMILES string of the molecule is CCCCCC(=O)NC([C]=O)C(CO)(CNC(=O)[C@H](C)NC(=O)OCc1ccccc1)Cc1ccccc1-c1ccccc1. The fraction of sp³-hybridized carbons (Fsp3) is 0.371. The van der Waals surface area contributed by atoms with E-state index in [1.165, 1.54) is 6.92 Å². The first-order valence-electron chi connectivity index (χ1n) is 15.0. The molecular weight excluding hydrogens is 558 g/mol. The van der Waals surface area contributed by atoms with E-state index in [-0.39, 0.29) is 31.9 Å². The quantitative estimate of drug-likeness (QED) is 0.169. The van der Waals surface area contributed by atoms with Crippen LogP contribution >= 0.6 is 0 Å². The minimum absolute atomic E-state index is 0.0459. The molecule has 0 saturated carbocycles. The van der Waals surface area contributed by atoms with Crippen LogP contribution in [0.3, 0.4) is 0 Å². The number of alkyl carbamates (subject to hydrolysis) is 1. The van der Waals surface area contributed by atoms with E-state index in [9.17, 15) is 24.3 Å². The number of hydrogen-bond acceptors (Lipinski definition) is 6. The number of aliphatic hydroxyl groups is 1. The summed E-state index contributed by atoms with van der Waals surface area (Å²) in [4.78, 5) is 50.6. The Balaban J connectivity index is 1.79. The van der Waals surface area contributed by atoms with E-state index < -0.39 is 36.1 Å². The van der Waals surface area contributed by atoms with Gasteiger partial charge in [-0.3, -0.25) is 14.4 Å². The Labute approximate surface area is 259 Å². The van der Waals surface area contributed by atoms with Crippen molar-refractivity contribution >= 4 is 24.2 Å². The number of rotatable bonds is 17. The van der Waals surface area contributed by atoms with Gasteiger partial charge in [-0.1, -0.05) is 105 Å². The van der Waals surface area contributed by atoms with Crippen LogP contribution in [-0.2, 0) is 32.1 Å². The highest BCUT2D eigenvalue weighted by Crippen LogP contribution is 2.32. The highest BCUT2D eigenvalue weighted by atomic mass is 16.5. The van der Waals surface area contributed by atoms with Crippen molar-refractivity contribution in [1.29, 1.82) is 0 Å². The molecule has 9 heteroatoms. The van der Waals surface area contributed by atoms with Crippen molar-refractivity contribution in [2.45, 2.75) is 64.6 Å². The molecule has 0 aromatic heterocycles. The van der Waals surface area contributed by atoms with Crippen LogP contribution in [0.25, 0.3) is 11.1 Å². The lowest BCUT2D eigenvalue weighted by Gasteiger charge is -2.38. The second kappa shape index (κ2) is 17.6. The Kier molecular flexibility index (Phi) is 13.6. The molecule has 0 saturated heterocycles. The van der Waals surface area contributed by atoms with Gasteiger partial charge in [-0.05, 0) is 42.0 Å². The summed E-state index contributed by atoms with van der Waals surface area (Å²) in [5, 5.41) is 18.9. The maximum Gasteiger partial charge on any atom is 0.408 e. The highest BCUT2D eigenvalue weighted by molar-refractivity contribution is 5.85. The van der Waals surface area contributed by atoms with Crippen molar-refractivity contribution in [3.8, 4) is 11.1 Å². The third-order valence-electron chi connectivity index (χ3n) is 7.56. The number of aliphatic hydroxyl groups excluding tert-OH is 1. The Bertz CT molecular complexity index is 1350. The zero-order valence-corrected chi connectivity index (χ0v) is 25.4. The maximum atomic E-state index is 13.1. The number of benzene rings is 3. The van der Waals surface area contributed by atoms with E-state index in [1.807, 2.05) is 98.1 Å². The minimum atomic E-state index is -1.34. The molecule has 0 bridgehead atoms. The number of unbranched alkanes of at least 4 members (excludes halogenated alkanes) is 2. The largest absolute Gasteiger partial charge is 0.445 e. The molecule has 44 heavy (non-hydrogen) atoms. The highest BCUT2D eigenvalue weighted by Gasteiger charge is 2.41. The summed E-state index contributed by atoms with van der Waals surface area (Å²) in [6, 6.07) is 24.2. The average molecular weight is 601 g/mol. The van der Waals surface area contributed by atoms with Gasteiger partial charge in [-0.2, -0.15) is 0 Å². The minimum Gasteiger partial charge on any atom is -0.445 e. The molecule has 0 spiro atoms. The Hall–Kier alpha value is -4.50. The first-order valence-corrected chi connectivity index (χ1v) is 15.0. The fourth-order valence-electron chi connectivity index (χ4n) is 4.92. The van der Waals surface area contributed by atoms with Crippen LogP contribution in [0.1, 0.15) is 50.7 Å². The molecule has 9 nitrogen and oxygen atoms in total. The van der Waals surface area contributed by atoms with Gasteiger partial charge in [-0.25, -0.2) is 4.79 Å². The lowest BCUT2D eigenvalue weighted by molar-refractivity contribution is -0.123. The Morgan fingerprint density at radius 1 is 0.909 bits per heavy atom. The lowest BCUT2D eigenvalue weighted by atomic mass is 9.74. The van der Waals surface area contributed by atoms with Crippen molar-refractivity contribution in [2.24, 2.45) is 5.41 Å². The predicted molar refractivity (Wildman–Crippen MR) is 169 cm³/mol. The maximum absolute atomic E-state index is 13.1. The summed E-state index contributed by atoms with van der Waals surface area (Å²) < 4.78 is 5.22. The summed E-state index contributed by atoms with van der Waals surface area (Å²) >= 11 is 0. The molecule has 3 aromatic rings. The first kappa shape index (κ1) is 34.0. The zero-order chi connectivity index (χ0) is 31.8. The molecule has 1 radical (unpaired) electrons. The molecule has 0 heterocycles. The van der Waals surface area contributed by atoms with E-state index in [0.29, 0.717) is 6.42 Å². The zero-order valence-electron chi connectivity index (χ0n) is 25.4. The number of hydrogen-bond donors (Lipinski definition) is 4. The second-order valence-corrected chi connectivity index (χ2v) is 10.9. The Morgan fingerprint density at radius 3 is 2.23 bits per heavy atom. The van der Waals surface area contributed by atoms with Crippen LogP contribution < -0.4 is 16.0 Å². The third-order valence-corrected chi connectivity index (χ3v) is 7.56. The molecule has 3 aromatic carbocycles. The monoisotopic (exact) mass is 600 g/mol. The molecular formula is C35H42N3O6. The van der Waals surface area contributed by atoms with Crippen molar-refractivity contribution in [1.82, 2.24) is 16.0 Å². The molecule has 0 fully saturated rings. The molecule has 3 amide bonds. The Morgan fingerprint density at radius 2 is 1.57 bits per heavy atom. The fourth-order valence-corrected chi connectivity index (χ4v) is 4.92. The van der Waals surface area contributed by atoms with E-state index >= 15 is 0 Å². The standard InChI is InChI=1S/C35H42N3O6/c1-3-4-7-20-32(41)38-31(22-39)35(25-40,21-29-18-12-13-19-30(29)28-16-10-6-11-17-28)24-36-33(42)26(2)37-34(43)44-23-27-14-8-5-9-15-27/h5-6,8-19,26,31,40H,3-4,7,20-21,23-25H2,1-2H3,(H,36,42)(H,37,43)(H,38,41)/t26-,31?,35?/m0/s1. The average Bonchev–Trinajstić information content (AvgIpc) is 3.05.